The zero-order valence-corrected chi connectivity index (χ0v) is 16.8. The molecule has 11 heteroatoms. The van der Waals surface area contributed by atoms with Crippen molar-refractivity contribution in [2.75, 3.05) is 11.1 Å². The van der Waals surface area contributed by atoms with Crippen molar-refractivity contribution >= 4 is 23.4 Å². The number of hydrogen-bond donors (Lipinski definition) is 2. The van der Waals surface area contributed by atoms with Gasteiger partial charge in [-0.25, -0.2) is 9.18 Å². The minimum atomic E-state index is -0.518. The molecule has 0 aliphatic carbocycles. The van der Waals surface area contributed by atoms with Crippen LogP contribution in [-0.4, -0.2) is 31.4 Å². The molecule has 0 fully saturated rings. The van der Waals surface area contributed by atoms with Gasteiger partial charge in [0.2, 0.25) is 11.8 Å². The molecule has 1 amide bonds. The summed E-state index contributed by atoms with van der Waals surface area (Å²) < 4.78 is 19.4. The first-order valence-electron chi connectivity index (χ1n) is 8.81. The van der Waals surface area contributed by atoms with Gasteiger partial charge in [-0.1, -0.05) is 17.8 Å². The Bertz CT molecular complexity index is 1180. The molecule has 3 aromatic rings. The van der Waals surface area contributed by atoms with Crippen molar-refractivity contribution in [2.24, 2.45) is 0 Å². The van der Waals surface area contributed by atoms with Crippen molar-refractivity contribution in [1.82, 2.24) is 19.7 Å². The summed E-state index contributed by atoms with van der Waals surface area (Å²) in [7, 11) is 0. The molecular weight excluding hydrogens is 413 g/mol. The fraction of sp³-hybridized carbons (Fsp3) is 0.211. The monoisotopic (exact) mass is 431 g/mol. The molecule has 1 aromatic carbocycles. The number of rotatable bonds is 8. The maximum absolute atomic E-state index is 12.9. The number of halogens is 1. The lowest BCUT2D eigenvalue weighted by Gasteiger charge is -2.06. The summed E-state index contributed by atoms with van der Waals surface area (Å²) in [4.78, 5) is 39.1. The first-order valence-corrected chi connectivity index (χ1v) is 9.80. The van der Waals surface area contributed by atoms with Gasteiger partial charge in [0.1, 0.15) is 5.82 Å². The van der Waals surface area contributed by atoms with Gasteiger partial charge >= 0.3 is 5.69 Å². The quantitative estimate of drug-likeness (QED) is 0.412. The van der Waals surface area contributed by atoms with Gasteiger partial charge in [0.05, 0.1) is 12.2 Å². The number of nitrogens with zero attached hydrogens (tertiary/aromatic N) is 3. The number of aromatic nitrogens is 4. The Balaban J connectivity index is 1.64. The number of aryl methyl sites for hydroxylation is 1. The highest BCUT2D eigenvalue weighted by Gasteiger charge is 2.16. The summed E-state index contributed by atoms with van der Waals surface area (Å²) in [5, 5.41) is 10.5. The smallest absolute Gasteiger partial charge is 0.328 e. The van der Waals surface area contributed by atoms with Crippen LogP contribution in [0.2, 0.25) is 0 Å². The van der Waals surface area contributed by atoms with E-state index in [1.54, 1.807) is 6.92 Å². The second kappa shape index (κ2) is 9.35. The van der Waals surface area contributed by atoms with Crippen LogP contribution in [-0.2, 0) is 17.8 Å². The molecular formula is C19H18FN5O4S. The number of H-pyrrole nitrogens is 1. The summed E-state index contributed by atoms with van der Waals surface area (Å²) in [5.74, 6) is -0.540. The average Bonchev–Trinajstić information content (AvgIpc) is 3.16. The fourth-order valence-electron chi connectivity index (χ4n) is 2.60. The van der Waals surface area contributed by atoms with Gasteiger partial charge in [-0.15, -0.1) is 16.8 Å². The summed E-state index contributed by atoms with van der Waals surface area (Å²) >= 11 is 1.02. The molecule has 2 aromatic heterocycles. The van der Waals surface area contributed by atoms with E-state index in [0.29, 0.717) is 16.9 Å². The molecule has 0 aliphatic heterocycles. The molecule has 0 saturated carbocycles. The molecule has 0 unspecified atom stereocenters. The lowest BCUT2D eigenvalue weighted by Crippen LogP contribution is -2.37. The summed E-state index contributed by atoms with van der Waals surface area (Å²) in [5.41, 5.74) is 0.233. The molecule has 0 atom stereocenters. The molecule has 3 rings (SSSR count). The molecule has 9 nitrogen and oxygen atoms in total. The number of thioether (sulfide) groups is 1. The molecule has 0 aliphatic rings. The highest BCUT2D eigenvalue weighted by atomic mass is 32.2. The largest absolute Gasteiger partial charge is 0.416 e. The lowest BCUT2D eigenvalue weighted by molar-refractivity contribution is -0.113. The molecule has 0 bridgehead atoms. The Hall–Kier alpha value is -3.47. The summed E-state index contributed by atoms with van der Waals surface area (Å²) in [6, 6.07) is 5.40. The topological polar surface area (TPSA) is 123 Å². The van der Waals surface area contributed by atoms with Crippen molar-refractivity contribution in [3.05, 3.63) is 80.7 Å². The van der Waals surface area contributed by atoms with E-state index in [-0.39, 0.29) is 35.7 Å². The van der Waals surface area contributed by atoms with Crippen LogP contribution in [0.1, 0.15) is 17.1 Å². The number of hydrogen-bond acceptors (Lipinski definition) is 7. The maximum atomic E-state index is 12.9. The predicted octanol–water partition coefficient (Wildman–Crippen LogP) is 1.87. The zero-order chi connectivity index (χ0) is 21.7. The van der Waals surface area contributed by atoms with Gasteiger partial charge in [-0.2, -0.15) is 0 Å². The van der Waals surface area contributed by atoms with Gasteiger partial charge in [-0.05, 0) is 31.2 Å². The zero-order valence-electron chi connectivity index (χ0n) is 16.0. The molecule has 2 N–H and O–H groups in total. The molecule has 30 heavy (non-hydrogen) atoms. The Kier molecular flexibility index (Phi) is 6.62. The molecule has 0 spiro atoms. The van der Waals surface area contributed by atoms with Crippen LogP contribution in [0.3, 0.4) is 0 Å². The van der Waals surface area contributed by atoms with E-state index < -0.39 is 17.1 Å². The van der Waals surface area contributed by atoms with Crippen LogP contribution in [0.5, 0.6) is 0 Å². The highest BCUT2D eigenvalue weighted by molar-refractivity contribution is 7.99. The molecule has 0 saturated heterocycles. The Morgan fingerprint density at radius 1 is 1.33 bits per heavy atom. The Morgan fingerprint density at radius 3 is 2.77 bits per heavy atom. The number of carbonyl (C=O) groups excluding carboxylic acids is 1. The third-order valence-electron chi connectivity index (χ3n) is 4.04. The number of allylic oxidation sites excluding steroid dienone is 1. The fourth-order valence-corrected chi connectivity index (χ4v) is 3.18. The van der Waals surface area contributed by atoms with E-state index in [4.69, 9.17) is 4.42 Å². The number of amides is 1. The lowest BCUT2D eigenvalue weighted by atomic mass is 10.1. The Labute approximate surface area is 174 Å². The standard InChI is InChI=1S/C19H18FN5O4S/c1-3-8-25-17(27)14(11(2)21-18(25)28)9-16-23-24-19(29-16)30-10-15(26)22-13-6-4-12(20)5-7-13/h3-7H,1,8-10H2,2H3,(H,21,28)(H,22,26). The molecule has 0 radical (unpaired) electrons. The second-order valence-electron chi connectivity index (χ2n) is 6.22. The number of anilines is 1. The van der Waals surface area contributed by atoms with Crippen LogP contribution in [0.4, 0.5) is 10.1 Å². The van der Waals surface area contributed by atoms with Gasteiger partial charge < -0.3 is 14.7 Å². The minimum absolute atomic E-state index is 0.00281. The summed E-state index contributed by atoms with van der Waals surface area (Å²) in [6.45, 7) is 5.23. The van der Waals surface area contributed by atoms with Crippen LogP contribution in [0, 0.1) is 12.7 Å². The van der Waals surface area contributed by atoms with Gasteiger partial charge in [0.25, 0.3) is 10.8 Å². The van der Waals surface area contributed by atoms with Gasteiger partial charge in [-0.3, -0.25) is 14.2 Å². The van der Waals surface area contributed by atoms with E-state index in [9.17, 15) is 18.8 Å². The van der Waals surface area contributed by atoms with Crippen molar-refractivity contribution in [2.45, 2.75) is 25.1 Å². The van der Waals surface area contributed by atoms with Crippen molar-refractivity contribution in [3.8, 4) is 0 Å². The first-order chi connectivity index (χ1) is 14.4. The van der Waals surface area contributed by atoms with Crippen LogP contribution >= 0.6 is 11.8 Å². The third kappa shape index (κ3) is 5.11. The van der Waals surface area contributed by atoms with E-state index >= 15 is 0 Å². The van der Waals surface area contributed by atoms with E-state index in [2.05, 4.69) is 27.1 Å². The van der Waals surface area contributed by atoms with Crippen LogP contribution in [0.25, 0.3) is 0 Å². The van der Waals surface area contributed by atoms with Gasteiger partial charge in [0.15, 0.2) is 0 Å². The van der Waals surface area contributed by atoms with Gasteiger partial charge in [0, 0.05) is 23.5 Å². The van der Waals surface area contributed by atoms with Crippen molar-refractivity contribution in [3.63, 3.8) is 0 Å². The Morgan fingerprint density at radius 2 is 2.07 bits per heavy atom. The first kappa shape index (κ1) is 21.2. The minimum Gasteiger partial charge on any atom is -0.416 e. The highest BCUT2D eigenvalue weighted by Crippen LogP contribution is 2.18. The second-order valence-corrected chi connectivity index (χ2v) is 7.15. The number of carbonyl (C=O) groups is 1. The van der Waals surface area contributed by atoms with E-state index in [1.807, 2.05) is 0 Å². The van der Waals surface area contributed by atoms with E-state index in [0.717, 1.165) is 16.3 Å². The SMILES string of the molecule is C=CCn1c(=O)[nH]c(C)c(Cc2nnc(SCC(=O)Nc3ccc(F)cc3)o2)c1=O. The molecule has 2 heterocycles. The van der Waals surface area contributed by atoms with Crippen LogP contribution < -0.4 is 16.6 Å². The van der Waals surface area contributed by atoms with Crippen molar-refractivity contribution < 1.29 is 13.6 Å². The number of nitrogens with one attached hydrogen (secondary N) is 2. The van der Waals surface area contributed by atoms with Crippen LogP contribution in [0.15, 0.2) is 56.1 Å². The summed E-state index contributed by atoms with van der Waals surface area (Å²) in [6.07, 6.45) is 1.49. The van der Waals surface area contributed by atoms with Crippen molar-refractivity contribution in [1.29, 1.82) is 0 Å². The normalized spacial score (nSPS) is 10.7. The predicted molar refractivity (Wildman–Crippen MR) is 109 cm³/mol. The van der Waals surface area contributed by atoms with E-state index in [1.165, 1.54) is 30.3 Å². The number of aromatic amines is 1. The average molecular weight is 431 g/mol. The maximum Gasteiger partial charge on any atom is 0.328 e. The molecule has 156 valence electrons. The number of benzene rings is 1. The third-order valence-corrected chi connectivity index (χ3v) is 4.86.